The third-order valence-electron chi connectivity index (χ3n) is 3.84. The first-order valence-corrected chi connectivity index (χ1v) is 5.93. The Morgan fingerprint density at radius 2 is 1.80 bits per heavy atom. The van der Waals surface area contributed by atoms with Gasteiger partial charge in [-0.05, 0) is 30.2 Å². The fourth-order valence-corrected chi connectivity index (χ4v) is 2.59. The van der Waals surface area contributed by atoms with E-state index in [9.17, 15) is 5.11 Å². The maximum Gasteiger partial charge on any atom is 0.0947 e. The third kappa shape index (κ3) is 1.69. The quantitative estimate of drug-likeness (QED) is 0.800. The van der Waals surface area contributed by atoms with E-state index in [1.807, 2.05) is 18.2 Å². The molecule has 1 aromatic rings. The molecular weight excluding hydrogens is 184 g/mol. The largest absolute Gasteiger partial charge is 0.385 e. The summed E-state index contributed by atoms with van der Waals surface area (Å²) in [4.78, 5) is 0. The SMILES string of the molecule is CC(C)C(O)(c1ccccc1)C1CCC1. The van der Waals surface area contributed by atoms with Gasteiger partial charge in [0.1, 0.15) is 0 Å². The van der Waals surface area contributed by atoms with Gasteiger partial charge in [-0.25, -0.2) is 0 Å². The normalized spacial score (nSPS) is 21.1. The first kappa shape index (κ1) is 10.7. The van der Waals surface area contributed by atoms with Gasteiger partial charge in [0.15, 0.2) is 0 Å². The molecule has 2 rings (SSSR count). The molecule has 1 N–H and O–H groups in total. The lowest BCUT2D eigenvalue weighted by Gasteiger charge is -2.44. The summed E-state index contributed by atoms with van der Waals surface area (Å²) in [6.07, 6.45) is 3.61. The molecule has 1 atom stereocenters. The highest BCUT2D eigenvalue weighted by molar-refractivity contribution is 5.24. The van der Waals surface area contributed by atoms with Crippen molar-refractivity contribution in [2.24, 2.45) is 11.8 Å². The van der Waals surface area contributed by atoms with Crippen LogP contribution in [-0.4, -0.2) is 5.11 Å². The average molecular weight is 204 g/mol. The van der Waals surface area contributed by atoms with Gasteiger partial charge in [-0.15, -0.1) is 0 Å². The molecule has 82 valence electrons. The topological polar surface area (TPSA) is 20.2 Å². The van der Waals surface area contributed by atoms with E-state index >= 15 is 0 Å². The Morgan fingerprint density at radius 1 is 1.20 bits per heavy atom. The predicted molar refractivity (Wildman–Crippen MR) is 62.5 cm³/mol. The fourth-order valence-electron chi connectivity index (χ4n) is 2.59. The molecule has 1 saturated carbocycles. The summed E-state index contributed by atoms with van der Waals surface area (Å²) in [5.74, 6) is 0.741. The maximum atomic E-state index is 10.9. The molecule has 0 amide bonds. The molecule has 0 aromatic heterocycles. The van der Waals surface area contributed by atoms with Crippen LogP contribution in [0.5, 0.6) is 0 Å². The molecule has 0 aliphatic heterocycles. The molecule has 1 nitrogen and oxygen atoms in total. The summed E-state index contributed by atoms with van der Waals surface area (Å²) in [6, 6.07) is 10.1. The van der Waals surface area contributed by atoms with Gasteiger partial charge in [-0.2, -0.15) is 0 Å². The zero-order valence-corrected chi connectivity index (χ0v) is 9.61. The van der Waals surface area contributed by atoms with E-state index in [-0.39, 0.29) is 5.92 Å². The van der Waals surface area contributed by atoms with E-state index in [1.165, 1.54) is 19.3 Å². The highest BCUT2D eigenvalue weighted by Crippen LogP contribution is 2.46. The summed E-state index contributed by atoms with van der Waals surface area (Å²) in [6.45, 7) is 4.23. The molecule has 15 heavy (non-hydrogen) atoms. The molecule has 0 bridgehead atoms. The van der Waals surface area contributed by atoms with Crippen molar-refractivity contribution in [2.45, 2.75) is 38.7 Å². The third-order valence-corrected chi connectivity index (χ3v) is 3.84. The van der Waals surface area contributed by atoms with Crippen molar-refractivity contribution in [3.05, 3.63) is 35.9 Å². The molecule has 1 heteroatoms. The second-order valence-electron chi connectivity index (χ2n) is 4.97. The lowest BCUT2D eigenvalue weighted by atomic mass is 9.65. The molecule has 1 aliphatic rings. The van der Waals surface area contributed by atoms with Gasteiger partial charge in [-0.1, -0.05) is 50.6 Å². The van der Waals surface area contributed by atoms with E-state index in [1.54, 1.807) is 0 Å². The Labute approximate surface area is 92.1 Å². The molecule has 1 unspecified atom stereocenters. The zero-order valence-electron chi connectivity index (χ0n) is 9.61. The van der Waals surface area contributed by atoms with Crippen LogP contribution in [0.3, 0.4) is 0 Å². The lowest BCUT2D eigenvalue weighted by Crippen LogP contribution is -2.43. The molecular formula is C14H20O. The van der Waals surface area contributed by atoms with Crippen LogP contribution in [0, 0.1) is 11.8 Å². The predicted octanol–water partition coefficient (Wildman–Crippen LogP) is 3.33. The van der Waals surface area contributed by atoms with Crippen molar-refractivity contribution in [1.82, 2.24) is 0 Å². The van der Waals surface area contributed by atoms with Crippen molar-refractivity contribution in [3.8, 4) is 0 Å². The minimum Gasteiger partial charge on any atom is -0.385 e. The summed E-state index contributed by atoms with van der Waals surface area (Å²) in [7, 11) is 0. The molecule has 1 aliphatic carbocycles. The van der Waals surface area contributed by atoms with E-state index in [0.717, 1.165) is 5.56 Å². The van der Waals surface area contributed by atoms with Gasteiger partial charge in [0, 0.05) is 0 Å². The number of aliphatic hydroxyl groups is 1. The number of hydrogen-bond donors (Lipinski definition) is 1. The van der Waals surface area contributed by atoms with Crippen LogP contribution in [0.4, 0.5) is 0 Å². The van der Waals surface area contributed by atoms with Gasteiger partial charge in [0.25, 0.3) is 0 Å². The van der Waals surface area contributed by atoms with Crippen LogP contribution in [0.2, 0.25) is 0 Å². The Balaban J connectivity index is 2.34. The van der Waals surface area contributed by atoms with Crippen LogP contribution in [-0.2, 0) is 5.60 Å². The number of benzene rings is 1. The lowest BCUT2D eigenvalue weighted by molar-refractivity contribution is -0.0929. The van der Waals surface area contributed by atoms with Gasteiger partial charge >= 0.3 is 0 Å². The summed E-state index contributed by atoms with van der Waals surface area (Å²) in [5, 5.41) is 10.9. The first-order valence-electron chi connectivity index (χ1n) is 5.93. The number of hydrogen-bond acceptors (Lipinski definition) is 1. The Bertz CT molecular complexity index is 313. The van der Waals surface area contributed by atoms with Crippen LogP contribution in [0.25, 0.3) is 0 Å². The molecule has 0 radical (unpaired) electrons. The average Bonchev–Trinajstić information content (AvgIpc) is 2.16. The highest BCUT2D eigenvalue weighted by atomic mass is 16.3. The minimum absolute atomic E-state index is 0.283. The Morgan fingerprint density at radius 3 is 2.20 bits per heavy atom. The zero-order chi connectivity index (χ0) is 10.9. The van der Waals surface area contributed by atoms with Gasteiger partial charge in [-0.3, -0.25) is 0 Å². The van der Waals surface area contributed by atoms with Gasteiger partial charge in [0.2, 0.25) is 0 Å². The van der Waals surface area contributed by atoms with E-state index in [4.69, 9.17) is 0 Å². The Kier molecular flexibility index (Phi) is 2.83. The first-order chi connectivity index (χ1) is 7.15. The van der Waals surface area contributed by atoms with E-state index < -0.39 is 5.60 Å². The maximum absolute atomic E-state index is 10.9. The van der Waals surface area contributed by atoms with Crippen molar-refractivity contribution >= 4 is 0 Å². The monoisotopic (exact) mass is 204 g/mol. The second-order valence-corrected chi connectivity index (χ2v) is 4.97. The molecule has 0 saturated heterocycles. The second kappa shape index (κ2) is 3.97. The summed E-state index contributed by atoms with van der Waals surface area (Å²) < 4.78 is 0. The molecule has 0 spiro atoms. The van der Waals surface area contributed by atoms with Crippen LogP contribution < -0.4 is 0 Å². The highest BCUT2D eigenvalue weighted by Gasteiger charge is 2.43. The smallest absolute Gasteiger partial charge is 0.0947 e. The van der Waals surface area contributed by atoms with Crippen LogP contribution >= 0.6 is 0 Å². The van der Waals surface area contributed by atoms with Crippen LogP contribution in [0.15, 0.2) is 30.3 Å². The van der Waals surface area contributed by atoms with E-state index in [2.05, 4.69) is 26.0 Å². The standard InChI is InChI=1S/C14H20O/c1-11(2)14(15,13-9-6-10-13)12-7-4-3-5-8-12/h3-5,7-8,11,13,15H,6,9-10H2,1-2H3. The molecule has 1 aromatic carbocycles. The summed E-state index contributed by atoms with van der Waals surface area (Å²) >= 11 is 0. The van der Waals surface area contributed by atoms with Crippen molar-refractivity contribution in [3.63, 3.8) is 0 Å². The Hall–Kier alpha value is -0.820. The van der Waals surface area contributed by atoms with Gasteiger partial charge < -0.3 is 5.11 Å². The minimum atomic E-state index is -0.612. The molecule has 1 fully saturated rings. The van der Waals surface area contributed by atoms with Gasteiger partial charge in [0.05, 0.1) is 5.60 Å². The fraction of sp³-hybridized carbons (Fsp3) is 0.571. The molecule has 0 heterocycles. The number of rotatable bonds is 3. The van der Waals surface area contributed by atoms with Crippen molar-refractivity contribution < 1.29 is 5.11 Å². The van der Waals surface area contributed by atoms with E-state index in [0.29, 0.717) is 5.92 Å². The van der Waals surface area contributed by atoms with Crippen LogP contribution in [0.1, 0.15) is 38.7 Å². The summed E-state index contributed by atoms with van der Waals surface area (Å²) in [5.41, 5.74) is 0.476. The van der Waals surface area contributed by atoms with Crippen molar-refractivity contribution in [1.29, 1.82) is 0 Å². The van der Waals surface area contributed by atoms with Crippen molar-refractivity contribution in [2.75, 3.05) is 0 Å².